The van der Waals surface area contributed by atoms with Gasteiger partial charge in [0.1, 0.15) is 5.82 Å². The Labute approximate surface area is 190 Å². The standard InChI is InChI=1S/C24H26N4OS2/c29-24-25-21(17-30-24)19-10-8-18(9-11-19)5-3-4-12-27-13-15-28(16-14-27)23-20-6-1-2-7-22(20)31-26-23/h1-2,6-11,17H,3-5,12-16H2,(H,25,29). The van der Waals surface area contributed by atoms with Crippen molar-refractivity contribution in [1.29, 1.82) is 0 Å². The molecular weight excluding hydrogens is 424 g/mol. The summed E-state index contributed by atoms with van der Waals surface area (Å²) in [4.78, 5) is 19.2. The summed E-state index contributed by atoms with van der Waals surface area (Å²) in [5.41, 5.74) is 3.35. The second-order valence-electron chi connectivity index (χ2n) is 8.05. The van der Waals surface area contributed by atoms with E-state index in [1.807, 2.05) is 5.38 Å². The highest BCUT2D eigenvalue weighted by Gasteiger charge is 2.20. The third kappa shape index (κ3) is 4.74. The maximum atomic E-state index is 11.3. The Bertz CT molecular complexity index is 1190. The molecule has 1 aliphatic rings. The molecule has 3 heterocycles. The van der Waals surface area contributed by atoms with Crippen LogP contribution in [-0.2, 0) is 6.42 Å². The number of benzene rings is 2. The molecule has 2 aromatic carbocycles. The van der Waals surface area contributed by atoms with Crippen molar-refractivity contribution in [3.8, 4) is 11.3 Å². The molecule has 1 N–H and O–H groups in total. The molecule has 0 radical (unpaired) electrons. The molecule has 0 bridgehead atoms. The number of aryl methyl sites for hydroxylation is 1. The second-order valence-corrected chi connectivity index (χ2v) is 9.69. The summed E-state index contributed by atoms with van der Waals surface area (Å²) in [5.74, 6) is 1.16. The van der Waals surface area contributed by atoms with Crippen molar-refractivity contribution >= 4 is 38.8 Å². The van der Waals surface area contributed by atoms with Crippen LogP contribution in [0.1, 0.15) is 18.4 Å². The minimum atomic E-state index is -0.000143. The van der Waals surface area contributed by atoms with E-state index in [1.54, 1.807) is 11.5 Å². The molecule has 5 rings (SSSR count). The summed E-state index contributed by atoms with van der Waals surface area (Å²) in [6.07, 6.45) is 3.52. The van der Waals surface area contributed by atoms with E-state index in [4.69, 9.17) is 4.37 Å². The van der Waals surface area contributed by atoms with Gasteiger partial charge < -0.3 is 9.88 Å². The molecule has 5 nitrogen and oxygen atoms in total. The number of thiazole rings is 1. The number of unbranched alkanes of at least 4 members (excludes halogenated alkanes) is 1. The fourth-order valence-corrected chi connectivity index (χ4v) is 5.61. The highest BCUT2D eigenvalue weighted by molar-refractivity contribution is 7.13. The zero-order valence-electron chi connectivity index (χ0n) is 17.4. The number of nitrogens with zero attached hydrogens (tertiary/aromatic N) is 3. The molecule has 0 unspecified atom stereocenters. The molecule has 2 aromatic heterocycles. The predicted molar refractivity (Wildman–Crippen MR) is 132 cm³/mol. The summed E-state index contributed by atoms with van der Waals surface area (Å²) in [6, 6.07) is 17.1. The number of nitrogens with one attached hydrogen (secondary N) is 1. The number of H-pyrrole nitrogens is 1. The first kappa shape index (κ1) is 20.4. The first-order chi connectivity index (χ1) is 15.3. The maximum absolute atomic E-state index is 11.3. The van der Waals surface area contributed by atoms with Crippen molar-refractivity contribution < 1.29 is 0 Å². The molecule has 0 spiro atoms. The molecule has 1 aliphatic heterocycles. The van der Waals surface area contributed by atoms with Gasteiger partial charge in [-0.2, -0.15) is 4.37 Å². The van der Waals surface area contributed by atoms with Gasteiger partial charge in [-0.15, -0.1) is 0 Å². The zero-order chi connectivity index (χ0) is 21.0. The van der Waals surface area contributed by atoms with Crippen molar-refractivity contribution in [1.82, 2.24) is 14.3 Å². The average Bonchev–Trinajstić information content (AvgIpc) is 3.44. The number of hydrogen-bond donors (Lipinski definition) is 1. The lowest BCUT2D eigenvalue weighted by atomic mass is 10.0. The lowest BCUT2D eigenvalue weighted by Crippen LogP contribution is -2.46. The topological polar surface area (TPSA) is 52.2 Å². The van der Waals surface area contributed by atoms with E-state index in [-0.39, 0.29) is 4.87 Å². The first-order valence-corrected chi connectivity index (χ1v) is 12.5. The lowest BCUT2D eigenvalue weighted by molar-refractivity contribution is 0.253. The second kappa shape index (κ2) is 9.34. The van der Waals surface area contributed by atoms with Crippen LogP contribution in [0.25, 0.3) is 21.3 Å². The van der Waals surface area contributed by atoms with E-state index in [0.29, 0.717) is 0 Å². The molecule has 1 saturated heterocycles. The van der Waals surface area contributed by atoms with Crippen LogP contribution in [-0.4, -0.2) is 47.0 Å². The van der Waals surface area contributed by atoms with Crippen LogP contribution in [0.15, 0.2) is 58.7 Å². The molecule has 31 heavy (non-hydrogen) atoms. The van der Waals surface area contributed by atoms with Gasteiger partial charge in [-0.25, -0.2) is 0 Å². The van der Waals surface area contributed by atoms with E-state index >= 15 is 0 Å². The number of rotatable bonds is 7. The van der Waals surface area contributed by atoms with Gasteiger partial charge in [0.15, 0.2) is 0 Å². The maximum Gasteiger partial charge on any atom is 0.304 e. The fourth-order valence-electron chi connectivity index (χ4n) is 4.22. The van der Waals surface area contributed by atoms with E-state index in [9.17, 15) is 4.79 Å². The third-order valence-electron chi connectivity index (χ3n) is 6.01. The third-order valence-corrected chi connectivity index (χ3v) is 7.49. The van der Waals surface area contributed by atoms with E-state index in [1.165, 1.54) is 46.4 Å². The van der Waals surface area contributed by atoms with E-state index < -0.39 is 0 Å². The summed E-state index contributed by atoms with van der Waals surface area (Å²) >= 11 is 2.81. The molecule has 0 atom stereocenters. The Morgan fingerprint density at radius 2 is 1.77 bits per heavy atom. The van der Waals surface area contributed by atoms with Crippen molar-refractivity contribution in [2.24, 2.45) is 0 Å². The van der Waals surface area contributed by atoms with Crippen molar-refractivity contribution in [2.45, 2.75) is 19.3 Å². The minimum Gasteiger partial charge on any atom is -0.353 e. The van der Waals surface area contributed by atoms with Gasteiger partial charge in [-0.3, -0.25) is 9.69 Å². The van der Waals surface area contributed by atoms with Gasteiger partial charge in [-0.1, -0.05) is 47.7 Å². The summed E-state index contributed by atoms with van der Waals surface area (Å²) in [5, 5.41) is 3.17. The van der Waals surface area contributed by atoms with Crippen LogP contribution in [0.2, 0.25) is 0 Å². The molecule has 0 aliphatic carbocycles. The molecule has 0 amide bonds. The van der Waals surface area contributed by atoms with Gasteiger partial charge in [0.25, 0.3) is 0 Å². The number of aromatic amines is 1. The molecule has 7 heteroatoms. The van der Waals surface area contributed by atoms with Crippen molar-refractivity contribution in [2.75, 3.05) is 37.6 Å². The van der Waals surface area contributed by atoms with E-state index in [2.05, 4.69) is 63.3 Å². The van der Waals surface area contributed by atoms with Crippen LogP contribution in [0, 0.1) is 0 Å². The van der Waals surface area contributed by atoms with Gasteiger partial charge in [0, 0.05) is 36.9 Å². The Hall–Kier alpha value is -2.48. The monoisotopic (exact) mass is 450 g/mol. The first-order valence-electron chi connectivity index (χ1n) is 10.8. The Morgan fingerprint density at radius 3 is 2.55 bits per heavy atom. The largest absolute Gasteiger partial charge is 0.353 e. The SMILES string of the molecule is O=c1[nH]c(-c2ccc(CCCCN3CCN(c4nsc5ccccc45)CC3)cc2)cs1. The van der Waals surface area contributed by atoms with Gasteiger partial charge in [-0.05, 0) is 60.6 Å². The number of piperazine rings is 1. The average molecular weight is 451 g/mol. The van der Waals surface area contributed by atoms with Crippen LogP contribution in [0.5, 0.6) is 0 Å². The predicted octanol–water partition coefficient (Wildman–Crippen LogP) is 4.86. The van der Waals surface area contributed by atoms with Gasteiger partial charge >= 0.3 is 4.87 Å². The number of aromatic nitrogens is 2. The van der Waals surface area contributed by atoms with Crippen LogP contribution in [0.3, 0.4) is 0 Å². The minimum absolute atomic E-state index is 0.000143. The molecule has 1 fully saturated rings. The Kier molecular flexibility index (Phi) is 6.15. The van der Waals surface area contributed by atoms with Crippen LogP contribution in [0.4, 0.5) is 5.82 Å². The summed E-state index contributed by atoms with van der Waals surface area (Å²) in [7, 11) is 0. The van der Waals surface area contributed by atoms with Crippen LogP contribution < -0.4 is 9.77 Å². The van der Waals surface area contributed by atoms with Gasteiger partial charge in [0.2, 0.25) is 0 Å². The number of fused-ring (bicyclic) bond motifs is 1. The molecule has 160 valence electrons. The smallest absolute Gasteiger partial charge is 0.304 e. The Morgan fingerprint density at radius 1 is 0.968 bits per heavy atom. The molecule has 0 saturated carbocycles. The van der Waals surface area contributed by atoms with Crippen LogP contribution >= 0.6 is 22.9 Å². The highest BCUT2D eigenvalue weighted by Crippen LogP contribution is 2.29. The number of anilines is 1. The highest BCUT2D eigenvalue weighted by atomic mass is 32.1. The normalized spacial score (nSPS) is 15.0. The van der Waals surface area contributed by atoms with Crippen molar-refractivity contribution in [3.63, 3.8) is 0 Å². The number of hydrogen-bond acceptors (Lipinski definition) is 6. The molecule has 4 aromatic rings. The lowest BCUT2D eigenvalue weighted by Gasteiger charge is -2.35. The molecular formula is C24H26N4OS2. The van der Waals surface area contributed by atoms with Gasteiger partial charge in [0.05, 0.1) is 10.4 Å². The quantitative estimate of drug-likeness (QED) is 0.409. The Balaban J connectivity index is 1.06. The zero-order valence-corrected chi connectivity index (χ0v) is 19.1. The fraction of sp³-hybridized carbons (Fsp3) is 0.333. The van der Waals surface area contributed by atoms with Crippen molar-refractivity contribution in [3.05, 3.63) is 69.1 Å². The van der Waals surface area contributed by atoms with E-state index in [0.717, 1.165) is 49.7 Å². The summed E-state index contributed by atoms with van der Waals surface area (Å²) in [6.45, 7) is 5.50. The summed E-state index contributed by atoms with van der Waals surface area (Å²) < 4.78 is 5.99.